The van der Waals surface area contributed by atoms with Crippen LogP contribution < -0.4 is 10.1 Å². The Morgan fingerprint density at radius 2 is 2.22 bits per heavy atom. The zero-order valence-electron chi connectivity index (χ0n) is 12.1. The predicted octanol–water partition coefficient (Wildman–Crippen LogP) is 4.42. The van der Waals surface area contributed by atoms with Gasteiger partial charge in [-0.25, -0.2) is 4.39 Å². The molecule has 1 atom stereocenters. The van der Waals surface area contributed by atoms with E-state index in [0.29, 0.717) is 13.0 Å². The SMILES string of the molecule is O=C(Cc1c(F)cccc1Cl)NC1CCOc2ccc(Br)cc21. The molecule has 1 N–H and O–H groups in total. The van der Waals surface area contributed by atoms with Crippen LogP contribution in [-0.2, 0) is 11.2 Å². The van der Waals surface area contributed by atoms with E-state index in [1.54, 1.807) is 6.07 Å². The molecule has 1 amide bonds. The molecule has 0 aliphatic carbocycles. The molecule has 1 unspecified atom stereocenters. The molecule has 2 aromatic rings. The smallest absolute Gasteiger partial charge is 0.225 e. The van der Waals surface area contributed by atoms with Gasteiger partial charge in [0, 0.05) is 27.0 Å². The summed E-state index contributed by atoms with van der Waals surface area (Å²) in [6, 6.07) is 9.92. The van der Waals surface area contributed by atoms with Crippen LogP contribution in [0.1, 0.15) is 23.6 Å². The first-order valence-electron chi connectivity index (χ1n) is 7.19. The summed E-state index contributed by atoms with van der Waals surface area (Å²) in [7, 11) is 0. The van der Waals surface area contributed by atoms with Crippen molar-refractivity contribution in [2.24, 2.45) is 0 Å². The van der Waals surface area contributed by atoms with Crippen LogP contribution in [0.25, 0.3) is 0 Å². The molecule has 120 valence electrons. The molecular formula is C17H14BrClFNO2. The fourth-order valence-corrected chi connectivity index (χ4v) is 3.23. The summed E-state index contributed by atoms with van der Waals surface area (Å²) in [5, 5.41) is 3.20. The molecule has 0 saturated carbocycles. The van der Waals surface area contributed by atoms with Crippen LogP contribution in [0, 0.1) is 5.82 Å². The van der Waals surface area contributed by atoms with Gasteiger partial charge in [0.05, 0.1) is 19.1 Å². The van der Waals surface area contributed by atoms with Crippen LogP contribution >= 0.6 is 27.5 Å². The van der Waals surface area contributed by atoms with Crippen LogP contribution in [0.15, 0.2) is 40.9 Å². The lowest BCUT2D eigenvalue weighted by atomic mass is 10.00. The second-order valence-electron chi connectivity index (χ2n) is 5.32. The summed E-state index contributed by atoms with van der Waals surface area (Å²) in [6.07, 6.45) is 0.576. The van der Waals surface area contributed by atoms with Gasteiger partial charge in [0.15, 0.2) is 0 Å². The van der Waals surface area contributed by atoms with Crippen molar-refractivity contribution in [3.63, 3.8) is 0 Å². The molecule has 1 aliphatic heterocycles. The third-order valence-electron chi connectivity index (χ3n) is 3.75. The minimum Gasteiger partial charge on any atom is -0.493 e. The van der Waals surface area contributed by atoms with E-state index < -0.39 is 5.82 Å². The molecule has 3 nitrogen and oxygen atoms in total. The van der Waals surface area contributed by atoms with Gasteiger partial charge in [-0.3, -0.25) is 4.79 Å². The summed E-state index contributed by atoms with van der Waals surface area (Å²) >= 11 is 9.39. The van der Waals surface area contributed by atoms with E-state index in [1.807, 2.05) is 18.2 Å². The average molecular weight is 399 g/mol. The minimum atomic E-state index is -0.470. The van der Waals surface area contributed by atoms with Gasteiger partial charge in [0.2, 0.25) is 5.91 Å². The first-order valence-corrected chi connectivity index (χ1v) is 8.36. The average Bonchev–Trinajstić information content (AvgIpc) is 2.52. The van der Waals surface area contributed by atoms with Crippen molar-refractivity contribution in [3.8, 4) is 5.75 Å². The van der Waals surface area contributed by atoms with E-state index in [0.717, 1.165) is 15.8 Å². The minimum absolute atomic E-state index is 0.0911. The lowest BCUT2D eigenvalue weighted by molar-refractivity contribution is -0.121. The Balaban J connectivity index is 1.76. The zero-order valence-corrected chi connectivity index (χ0v) is 14.5. The second-order valence-corrected chi connectivity index (χ2v) is 6.64. The van der Waals surface area contributed by atoms with Crippen LogP contribution in [0.3, 0.4) is 0 Å². The molecule has 23 heavy (non-hydrogen) atoms. The predicted molar refractivity (Wildman–Crippen MR) is 90.3 cm³/mol. The molecule has 0 spiro atoms. The maximum absolute atomic E-state index is 13.8. The highest BCUT2D eigenvalue weighted by molar-refractivity contribution is 9.10. The summed E-state index contributed by atoms with van der Waals surface area (Å²) < 4.78 is 20.3. The Hall–Kier alpha value is -1.59. The van der Waals surface area contributed by atoms with Crippen LogP contribution in [0.2, 0.25) is 5.02 Å². The number of hydrogen-bond donors (Lipinski definition) is 1. The lowest BCUT2D eigenvalue weighted by Gasteiger charge is -2.27. The number of benzene rings is 2. The first-order chi connectivity index (χ1) is 11.0. The quantitative estimate of drug-likeness (QED) is 0.831. The van der Waals surface area contributed by atoms with Crippen molar-refractivity contribution in [2.45, 2.75) is 18.9 Å². The monoisotopic (exact) mass is 397 g/mol. The van der Waals surface area contributed by atoms with E-state index in [9.17, 15) is 9.18 Å². The van der Waals surface area contributed by atoms with E-state index >= 15 is 0 Å². The molecule has 1 heterocycles. The number of carbonyl (C=O) groups is 1. The molecule has 3 rings (SSSR count). The van der Waals surface area contributed by atoms with Crippen LogP contribution in [-0.4, -0.2) is 12.5 Å². The molecule has 0 radical (unpaired) electrons. The maximum atomic E-state index is 13.8. The Morgan fingerprint density at radius 1 is 1.39 bits per heavy atom. The first kappa shape index (κ1) is 16.3. The second kappa shape index (κ2) is 6.89. The normalized spacial score (nSPS) is 16.4. The molecule has 0 bridgehead atoms. The Labute approximate surface area is 146 Å². The van der Waals surface area contributed by atoms with Gasteiger partial charge in [-0.05, 0) is 30.3 Å². The van der Waals surface area contributed by atoms with Crippen molar-refractivity contribution in [1.29, 1.82) is 0 Å². The van der Waals surface area contributed by atoms with E-state index in [1.165, 1.54) is 12.1 Å². The van der Waals surface area contributed by atoms with E-state index in [2.05, 4.69) is 21.2 Å². The van der Waals surface area contributed by atoms with Crippen LogP contribution in [0.5, 0.6) is 5.75 Å². The molecule has 1 aliphatic rings. The van der Waals surface area contributed by atoms with Gasteiger partial charge in [-0.1, -0.05) is 33.6 Å². The topological polar surface area (TPSA) is 38.3 Å². The molecule has 0 fully saturated rings. The van der Waals surface area contributed by atoms with Crippen LogP contribution in [0.4, 0.5) is 4.39 Å². The van der Waals surface area contributed by atoms with Gasteiger partial charge in [0.25, 0.3) is 0 Å². The van der Waals surface area contributed by atoms with Crippen molar-refractivity contribution in [3.05, 3.63) is 62.8 Å². The summed E-state index contributed by atoms with van der Waals surface area (Å²) in [5.41, 5.74) is 1.13. The van der Waals surface area contributed by atoms with Gasteiger partial charge in [-0.2, -0.15) is 0 Å². The highest BCUT2D eigenvalue weighted by Gasteiger charge is 2.24. The molecule has 6 heteroatoms. The molecule has 0 aromatic heterocycles. The Kier molecular flexibility index (Phi) is 4.87. The van der Waals surface area contributed by atoms with Crippen molar-refractivity contribution in [1.82, 2.24) is 5.32 Å². The van der Waals surface area contributed by atoms with Gasteiger partial charge < -0.3 is 10.1 Å². The largest absolute Gasteiger partial charge is 0.493 e. The lowest BCUT2D eigenvalue weighted by Crippen LogP contribution is -2.33. The number of amides is 1. The van der Waals surface area contributed by atoms with Crippen molar-refractivity contribution >= 4 is 33.4 Å². The number of hydrogen-bond acceptors (Lipinski definition) is 2. The van der Waals surface area contributed by atoms with Crippen molar-refractivity contribution in [2.75, 3.05) is 6.61 Å². The van der Waals surface area contributed by atoms with Crippen molar-refractivity contribution < 1.29 is 13.9 Å². The number of ether oxygens (including phenoxy) is 1. The number of nitrogens with one attached hydrogen (secondary N) is 1. The molecule has 0 saturated heterocycles. The van der Waals surface area contributed by atoms with Gasteiger partial charge in [0.1, 0.15) is 11.6 Å². The third kappa shape index (κ3) is 3.67. The van der Waals surface area contributed by atoms with Gasteiger partial charge in [-0.15, -0.1) is 0 Å². The Bertz CT molecular complexity index is 733. The fourth-order valence-electron chi connectivity index (χ4n) is 2.62. The highest BCUT2D eigenvalue weighted by Crippen LogP contribution is 2.34. The summed E-state index contributed by atoms with van der Waals surface area (Å²) in [6.45, 7) is 0.528. The molecule has 2 aromatic carbocycles. The van der Waals surface area contributed by atoms with Gasteiger partial charge >= 0.3 is 0 Å². The number of rotatable bonds is 3. The number of halogens is 3. The standard InChI is InChI=1S/C17H14BrClFNO2/c18-10-4-5-16-12(8-10)15(6-7-23-16)21-17(22)9-11-13(19)2-1-3-14(11)20/h1-5,8,15H,6-7,9H2,(H,21,22). The fraction of sp³-hybridized carbons (Fsp3) is 0.235. The zero-order chi connectivity index (χ0) is 16.4. The van der Waals surface area contributed by atoms with E-state index in [-0.39, 0.29) is 29.0 Å². The van der Waals surface area contributed by atoms with E-state index in [4.69, 9.17) is 16.3 Å². The maximum Gasteiger partial charge on any atom is 0.225 e. The molecular weight excluding hydrogens is 385 g/mol. The Morgan fingerprint density at radius 3 is 3.00 bits per heavy atom. The summed E-state index contributed by atoms with van der Waals surface area (Å²) in [4.78, 5) is 12.3. The highest BCUT2D eigenvalue weighted by atomic mass is 79.9. The number of fused-ring (bicyclic) bond motifs is 1. The third-order valence-corrected chi connectivity index (χ3v) is 4.59. The summed E-state index contributed by atoms with van der Waals surface area (Å²) in [5.74, 6) is 0.0197. The number of carbonyl (C=O) groups excluding carboxylic acids is 1.